The van der Waals surface area contributed by atoms with Crippen LogP contribution in [-0.2, 0) is 14.8 Å². The van der Waals surface area contributed by atoms with Gasteiger partial charge >= 0.3 is 0 Å². The average molecular weight is 434 g/mol. The largest absolute Gasteiger partial charge is 0.494 e. The fraction of sp³-hybridized carbons (Fsp3) is 0.409. The third-order valence-electron chi connectivity index (χ3n) is 4.47. The SMILES string of the molecule is CCCOc1ccc(N(CC(=O)NCCCN(C)c2ccccc2)S(C)(=O)=O)cc1. The minimum atomic E-state index is -3.60. The quantitative estimate of drug-likeness (QED) is 0.521. The van der Waals surface area contributed by atoms with Crippen molar-refractivity contribution in [3.63, 3.8) is 0 Å². The molecule has 7 nitrogen and oxygen atoms in total. The molecule has 8 heteroatoms. The van der Waals surface area contributed by atoms with Crippen LogP contribution < -0.4 is 19.3 Å². The average Bonchev–Trinajstić information content (AvgIpc) is 2.73. The van der Waals surface area contributed by atoms with Gasteiger partial charge in [-0.3, -0.25) is 9.10 Å². The molecule has 2 aromatic rings. The second kappa shape index (κ2) is 11.4. The number of carbonyl (C=O) groups is 1. The molecule has 0 fully saturated rings. The molecule has 1 N–H and O–H groups in total. The highest BCUT2D eigenvalue weighted by atomic mass is 32.2. The molecule has 0 saturated carbocycles. The van der Waals surface area contributed by atoms with Crippen LogP contribution >= 0.6 is 0 Å². The van der Waals surface area contributed by atoms with Crippen molar-refractivity contribution in [2.45, 2.75) is 19.8 Å². The lowest BCUT2D eigenvalue weighted by atomic mass is 10.3. The number of nitrogens with one attached hydrogen (secondary N) is 1. The lowest BCUT2D eigenvalue weighted by Crippen LogP contribution is -2.41. The third kappa shape index (κ3) is 7.59. The predicted octanol–water partition coefficient (Wildman–Crippen LogP) is 2.88. The summed E-state index contributed by atoms with van der Waals surface area (Å²) >= 11 is 0. The third-order valence-corrected chi connectivity index (χ3v) is 5.62. The molecule has 0 unspecified atom stereocenters. The first kappa shape index (κ1) is 23.5. The van der Waals surface area contributed by atoms with Gasteiger partial charge in [0.1, 0.15) is 12.3 Å². The van der Waals surface area contributed by atoms with E-state index >= 15 is 0 Å². The number of amides is 1. The Labute approximate surface area is 179 Å². The van der Waals surface area contributed by atoms with Gasteiger partial charge in [0.15, 0.2) is 0 Å². The van der Waals surface area contributed by atoms with Gasteiger partial charge in [-0.15, -0.1) is 0 Å². The van der Waals surface area contributed by atoms with E-state index in [4.69, 9.17) is 4.74 Å². The molecule has 0 bridgehead atoms. The number of rotatable bonds is 12. The molecule has 0 saturated heterocycles. The van der Waals surface area contributed by atoms with Crippen molar-refractivity contribution in [1.82, 2.24) is 5.32 Å². The van der Waals surface area contributed by atoms with Crippen LogP contribution in [0.5, 0.6) is 5.75 Å². The summed E-state index contributed by atoms with van der Waals surface area (Å²) in [7, 11) is -1.60. The van der Waals surface area contributed by atoms with Gasteiger partial charge in [0.25, 0.3) is 0 Å². The predicted molar refractivity (Wildman–Crippen MR) is 122 cm³/mol. The molecular weight excluding hydrogens is 402 g/mol. The van der Waals surface area contributed by atoms with E-state index in [1.54, 1.807) is 24.3 Å². The van der Waals surface area contributed by atoms with Crippen molar-refractivity contribution in [3.05, 3.63) is 54.6 Å². The fourth-order valence-electron chi connectivity index (χ4n) is 2.87. The maximum Gasteiger partial charge on any atom is 0.240 e. The Bertz CT molecular complexity index is 886. The number of anilines is 2. The summed E-state index contributed by atoms with van der Waals surface area (Å²) in [6, 6.07) is 16.7. The van der Waals surface area contributed by atoms with E-state index in [0.29, 0.717) is 24.6 Å². The Hall–Kier alpha value is -2.74. The molecule has 1 amide bonds. The van der Waals surface area contributed by atoms with Crippen LogP contribution in [-0.4, -0.2) is 53.9 Å². The first-order valence-electron chi connectivity index (χ1n) is 10.0. The summed E-state index contributed by atoms with van der Waals surface area (Å²) < 4.78 is 31.0. The number of benzene rings is 2. The number of sulfonamides is 1. The van der Waals surface area contributed by atoms with Crippen molar-refractivity contribution in [1.29, 1.82) is 0 Å². The van der Waals surface area contributed by atoms with E-state index in [1.165, 1.54) is 0 Å². The highest BCUT2D eigenvalue weighted by molar-refractivity contribution is 7.92. The normalized spacial score (nSPS) is 11.0. The van der Waals surface area contributed by atoms with Gasteiger partial charge in [-0.1, -0.05) is 25.1 Å². The van der Waals surface area contributed by atoms with Gasteiger partial charge in [-0.2, -0.15) is 0 Å². The van der Waals surface area contributed by atoms with Crippen LogP contribution in [0.3, 0.4) is 0 Å². The van der Waals surface area contributed by atoms with Crippen LogP contribution in [0.2, 0.25) is 0 Å². The Morgan fingerprint density at radius 1 is 1.03 bits per heavy atom. The van der Waals surface area contributed by atoms with Gasteiger partial charge in [-0.25, -0.2) is 8.42 Å². The molecule has 0 aliphatic heterocycles. The Kier molecular flexibility index (Phi) is 8.98. The van der Waals surface area contributed by atoms with E-state index in [9.17, 15) is 13.2 Å². The van der Waals surface area contributed by atoms with E-state index in [1.807, 2.05) is 44.3 Å². The maximum absolute atomic E-state index is 12.3. The Balaban J connectivity index is 1.86. The zero-order valence-corrected chi connectivity index (χ0v) is 18.7. The van der Waals surface area contributed by atoms with Crippen molar-refractivity contribution in [2.75, 3.05) is 48.7 Å². The number of hydrogen-bond donors (Lipinski definition) is 1. The lowest BCUT2D eigenvalue weighted by Gasteiger charge is -2.22. The molecule has 0 aromatic heterocycles. The minimum absolute atomic E-state index is 0.261. The van der Waals surface area contributed by atoms with Crippen molar-refractivity contribution < 1.29 is 17.9 Å². The summed E-state index contributed by atoms with van der Waals surface area (Å²) in [5.41, 5.74) is 1.54. The molecule has 0 heterocycles. The number of nitrogens with zero attached hydrogens (tertiary/aromatic N) is 2. The Morgan fingerprint density at radius 2 is 1.70 bits per heavy atom. The molecule has 0 radical (unpaired) electrons. The second-order valence-corrected chi connectivity index (χ2v) is 8.98. The smallest absolute Gasteiger partial charge is 0.240 e. The molecule has 164 valence electrons. The van der Waals surface area contributed by atoms with Crippen LogP contribution in [0.1, 0.15) is 19.8 Å². The van der Waals surface area contributed by atoms with Gasteiger partial charge in [0.05, 0.1) is 18.6 Å². The molecular formula is C22H31N3O4S. The zero-order valence-electron chi connectivity index (χ0n) is 17.9. The molecule has 2 aromatic carbocycles. The monoisotopic (exact) mass is 433 g/mol. The lowest BCUT2D eigenvalue weighted by molar-refractivity contribution is -0.119. The van der Waals surface area contributed by atoms with E-state index in [2.05, 4.69) is 10.2 Å². The first-order valence-corrected chi connectivity index (χ1v) is 11.9. The highest BCUT2D eigenvalue weighted by Gasteiger charge is 2.20. The number of ether oxygens (including phenoxy) is 1. The van der Waals surface area contributed by atoms with Crippen molar-refractivity contribution >= 4 is 27.3 Å². The molecule has 30 heavy (non-hydrogen) atoms. The van der Waals surface area contributed by atoms with Crippen LogP contribution in [0, 0.1) is 0 Å². The molecule has 0 aliphatic rings. The number of hydrogen-bond acceptors (Lipinski definition) is 5. The van der Waals surface area contributed by atoms with Gasteiger partial charge < -0.3 is 15.0 Å². The topological polar surface area (TPSA) is 79.0 Å². The maximum atomic E-state index is 12.3. The number of para-hydroxylation sites is 1. The highest BCUT2D eigenvalue weighted by Crippen LogP contribution is 2.21. The van der Waals surface area contributed by atoms with Crippen molar-refractivity contribution in [2.24, 2.45) is 0 Å². The summed E-state index contributed by atoms with van der Waals surface area (Å²) in [6.45, 7) is 3.59. The van der Waals surface area contributed by atoms with Crippen LogP contribution in [0.15, 0.2) is 54.6 Å². The summed E-state index contributed by atoms with van der Waals surface area (Å²) in [5.74, 6) is 0.329. The Morgan fingerprint density at radius 3 is 2.30 bits per heavy atom. The minimum Gasteiger partial charge on any atom is -0.494 e. The van der Waals surface area contributed by atoms with Gasteiger partial charge in [-0.05, 0) is 49.2 Å². The molecule has 0 aliphatic carbocycles. The van der Waals surface area contributed by atoms with Crippen LogP contribution in [0.4, 0.5) is 11.4 Å². The van der Waals surface area contributed by atoms with Gasteiger partial charge in [0, 0.05) is 25.8 Å². The second-order valence-electron chi connectivity index (χ2n) is 7.07. The zero-order chi connectivity index (χ0) is 22.0. The van der Waals surface area contributed by atoms with Crippen LogP contribution in [0.25, 0.3) is 0 Å². The van der Waals surface area contributed by atoms with Crippen molar-refractivity contribution in [3.8, 4) is 5.75 Å². The van der Waals surface area contributed by atoms with E-state index in [-0.39, 0.29) is 12.5 Å². The summed E-state index contributed by atoms with van der Waals surface area (Å²) in [4.78, 5) is 14.4. The fourth-order valence-corrected chi connectivity index (χ4v) is 3.73. The summed E-state index contributed by atoms with van der Waals surface area (Å²) in [5, 5.41) is 2.80. The van der Waals surface area contributed by atoms with E-state index < -0.39 is 10.0 Å². The molecule has 0 spiro atoms. The summed E-state index contributed by atoms with van der Waals surface area (Å²) in [6.07, 6.45) is 2.73. The molecule has 0 atom stereocenters. The van der Waals surface area contributed by atoms with E-state index in [0.717, 1.165) is 35.6 Å². The van der Waals surface area contributed by atoms with Gasteiger partial charge in [0.2, 0.25) is 15.9 Å². The number of carbonyl (C=O) groups excluding carboxylic acids is 1. The first-order chi connectivity index (χ1) is 14.3. The molecule has 2 rings (SSSR count). The standard InChI is InChI=1S/C22H31N3O4S/c1-4-17-29-21-13-11-20(12-14-21)25(30(3,27)28)18-22(26)23-15-8-16-24(2)19-9-6-5-7-10-19/h5-7,9-14H,4,8,15-18H2,1-3H3,(H,23,26).